The van der Waals surface area contributed by atoms with Crippen molar-refractivity contribution in [2.24, 2.45) is 5.11 Å². The zero-order valence-electron chi connectivity index (χ0n) is 18.4. The topological polar surface area (TPSA) is 124 Å². The van der Waals surface area contributed by atoms with Crippen molar-refractivity contribution in [2.75, 3.05) is 11.9 Å². The van der Waals surface area contributed by atoms with Gasteiger partial charge in [-0.1, -0.05) is 53.6 Å². The molecule has 0 saturated heterocycles. The summed E-state index contributed by atoms with van der Waals surface area (Å²) in [4.78, 5) is 27.3. The molecule has 0 heterocycles. The summed E-state index contributed by atoms with van der Waals surface area (Å²) in [6.45, 7) is 4.96. The highest BCUT2D eigenvalue weighted by atomic mass is 16.5. The highest BCUT2D eigenvalue weighted by molar-refractivity contribution is 5.99. The molecular weight excluding hydrogens is 420 g/mol. The Bertz CT molecular complexity index is 1270. The van der Waals surface area contributed by atoms with Gasteiger partial charge in [0.05, 0.1) is 11.3 Å². The van der Waals surface area contributed by atoms with Crippen LogP contribution in [0.4, 0.5) is 16.2 Å². The van der Waals surface area contributed by atoms with Crippen LogP contribution in [-0.2, 0) is 4.74 Å². The van der Waals surface area contributed by atoms with Gasteiger partial charge in [-0.2, -0.15) is 0 Å². The van der Waals surface area contributed by atoms with Crippen LogP contribution in [0.25, 0.3) is 21.6 Å². The summed E-state index contributed by atoms with van der Waals surface area (Å²) in [7, 11) is 0. The van der Waals surface area contributed by atoms with Gasteiger partial charge in [0.15, 0.2) is 0 Å². The van der Waals surface area contributed by atoms with Crippen molar-refractivity contribution in [3.8, 4) is 11.1 Å². The Balaban J connectivity index is 1.61. The number of carboxylic acids is 1. The lowest BCUT2D eigenvalue weighted by molar-refractivity contribution is 0.0695. The van der Waals surface area contributed by atoms with Crippen LogP contribution >= 0.6 is 0 Å². The van der Waals surface area contributed by atoms with E-state index < -0.39 is 12.1 Å². The number of carbonyl (C=O) groups excluding carboxylic acids is 1. The first-order valence-corrected chi connectivity index (χ1v) is 10.4. The van der Waals surface area contributed by atoms with Gasteiger partial charge in [-0.25, -0.2) is 9.59 Å². The molecule has 0 aromatic heterocycles. The predicted octanol–water partition coefficient (Wildman–Crippen LogP) is 6.61. The van der Waals surface area contributed by atoms with Crippen LogP contribution in [-0.4, -0.2) is 23.8 Å². The molecule has 0 atom stereocenters. The minimum Gasteiger partial charge on any atom is -0.478 e. The standard InChI is InChI=1S/C25H22N4O4/c1-13-21(24(30)31)14(2)23(28-29-26)15(3)22(13)27-25(32)33-12-20-18-10-6-4-8-16(18)17-9-5-7-11-19(17)20/h4-11,20H,12H2,1-3H3,(H,27,32)(H,30,31). The van der Waals surface area contributed by atoms with Crippen LogP contribution in [0.15, 0.2) is 53.6 Å². The third-order valence-electron chi connectivity index (χ3n) is 6.14. The largest absolute Gasteiger partial charge is 0.478 e. The van der Waals surface area contributed by atoms with Crippen LogP contribution in [0.1, 0.15) is 44.1 Å². The zero-order valence-corrected chi connectivity index (χ0v) is 18.4. The monoisotopic (exact) mass is 442 g/mol. The van der Waals surface area contributed by atoms with Crippen molar-refractivity contribution in [1.29, 1.82) is 0 Å². The summed E-state index contributed by atoms with van der Waals surface area (Å²) in [6, 6.07) is 16.0. The number of aromatic carboxylic acids is 1. The fraction of sp³-hybridized carbons (Fsp3) is 0.200. The van der Waals surface area contributed by atoms with Crippen LogP contribution in [0.2, 0.25) is 0 Å². The van der Waals surface area contributed by atoms with Gasteiger partial charge >= 0.3 is 12.1 Å². The molecule has 8 nitrogen and oxygen atoms in total. The van der Waals surface area contributed by atoms with Crippen LogP contribution in [0, 0.1) is 20.8 Å². The number of ether oxygens (including phenoxy) is 1. The molecule has 0 spiro atoms. The van der Waals surface area contributed by atoms with E-state index in [0.29, 0.717) is 16.7 Å². The number of anilines is 1. The van der Waals surface area contributed by atoms with E-state index in [1.54, 1.807) is 20.8 Å². The molecule has 3 aromatic rings. The summed E-state index contributed by atoms with van der Waals surface area (Å²) < 4.78 is 5.58. The number of hydrogen-bond acceptors (Lipinski definition) is 4. The summed E-state index contributed by atoms with van der Waals surface area (Å²) in [5.41, 5.74) is 14.9. The van der Waals surface area contributed by atoms with E-state index in [1.165, 1.54) is 0 Å². The minimum absolute atomic E-state index is 0.0167. The van der Waals surface area contributed by atoms with Crippen LogP contribution in [0.3, 0.4) is 0 Å². The van der Waals surface area contributed by atoms with Gasteiger partial charge < -0.3 is 9.84 Å². The Kier molecular flexibility index (Phi) is 5.77. The molecule has 1 aliphatic carbocycles. The van der Waals surface area contributed by atoms with E-state index in [4.69, 9.17) is 10.3 Å². The fourth-order valence-corrected chi connectivity index (χ4v) is 4.65. The van der Waals surface area contributed by atoms with Gasteiger partial charge in [0.1, 0.15) is 6.61 Å². The SMILES string of the molecule is Cc1c(N=[N+]=[N-])c(C)c(C(=O)O)c(C)c1NC(=O)OCC1c2ccccc2-c2ccccc21. The Hall–Kier alpha value is -4.29. The van der Waals surface area contributed by atoms with Crippen molar-refractivity contribution in [3.05, 3.63) is 92.4 Å². The number of fused-ring (bicyclic) bond motifs is 3. The maximum Gasteiger partial charge on any atom is 0.411 e. The predicted molar refractivity (Wildman–Crippen MR) is 125 cm³/mol. The maximum atomic E-state index is 12.7. The number of azide groups is 1. The molecule has 0 fully saturated rings. The number of hydrogen-bond donors (Lipinski definition) is 2. The average molecular weight is 442 g/mol. The van der Waals surface area contributed by atoms with E-state index in [0.717, 1.165) is 22.3 Å². The molecule has 0 saturated carbocycles. The number of nitrogens with zero attached hydrogens (tertiary/aromatic N) is 3. The van der Waals surface area contributed by atoms with E-state index in [9.17, 15) is 14.7 Å². The molecule has 2 N–H and O–H groups in total. The average Bonchev–Trinajstić information content (AvgIpc) is 3.12. The normalized spacial score (nSPS) is 11.8. The minimum atomic E-state index is -1.17. The van der Waals surface area contributed by atoms with E-state index in [2.05, 4.69) is 27.5 Å². The van der Waals surface area contributed by atoms with Gasteiger partial charge in [0.25, 0.3) is 0 Å². The number of amides is 1. The van der Waals surface area contributed by atoms with E-state index >= 15 is 0 Å². The first-order valence-electron chi connectivity index (χ1n) is 10.4. The Labute approximate surface area is 190 Å². The van der Waals surface area contributed by atoms with Crippen LogP contribution in [0.5, 0.6) is 0 Å². The first kappa shape index (κ1) is 21.9. The Morgan fingerprint density at radius 3 is 2.12 bits per heavy atom. The van der Waals surface area contributed by atoms with Crippen molar-refractivity contribution in [1.82, 2.24) is 0 Å². The lowest BCUT2D eigenvalue weighted by atomic mass is 9.95. The molecule has 0 aliphatic heterocycles. The molecule has 33 heavy (non-hydrogen) atoms. The zero-order chi connectivity index (χ0) is 23.7. The highest BCUT2D eigenvalue weighted by Crippen LogP contribution is 2.44. The van der Waals surface area contributed by atoms with Crippen molar-refractivity contribution in [2.45, 2.75) is 26.7 Å². The molecule has 3 aromatic carbocycles. The summed E-state index contributed by atoms with van der Waals surface area (Å²) >= 11 is 0. The van der Waals surface area contributed by atoms with Crippen molar-refractivity contribution >= 4 is 23.4 Å². The number of benzene rings is 3. The molecular formula is C25H22N4O4. The first-order chi connectivity index (χ1) is 15.8. The number of carbonyl (C=O) groups is 2. The second-order valence-corrected chi connectivity index (χ2v) is 7.92. The molecule has 0 radical (unpaired) electrons. The smallest absolute Gasteiger partial charge is 0.411 e. The van der Waals surface area contributed by atoms with E-state index in [-0.39, 0.29) is 29.5 Å². The molecule has 4 rings (SSSR count). The quantitative estimate of drug-likeness (QED) is 0.262. The second kappa shape index (κ2) is 8.68. The third-order valence-corrected chi connectivity index (χ3v) is 6.14. The van der Waals surface area contributed by atoms with Gasteiger partial charge in [0.2, 0.25) is 0 Å². The maximum absolute atomic E-state index is 12.7. The summed E-state index contributed by atoms with van der Waals surface area (Å²) in [6.07, 6.45) is -0.713. The molecule has 8 heteroatoms. The molecule has 1 amide bonds. The molecule has 1 aliphatic rings. The van der Waals surface area contributed by atoms with Crippen molar-refractivity contribution < 1.29 is 19.4 Å². The van der Waals surface area contributed by atoms with Gasteiger partial charge in [-0.15, -0.1) is 0 Å². The van der Waals surface area contributed by atoms with Crippen LogP contribution < -0.4 is 5.32 Å². The van der Waals surface area contributed by atoms with Gasteiger partial charge in [0, 0.05) is 16.5 Å². The Morgan fingerprint density at radius 1 is 1.00 bits per heavy atom. The lowest BCUT2D eigenvalue weighted by Crippen LogP contribution is -2.20. The van der Waals surface area contributed by atoms with Gasteiger partial charge in [-0.3, -0.25) is 5.32 Å². The second-order valence-electron chi connectivity index (χ2n) is 7.92. The summed E-state index contributed by atoms with van der Waals surface area (Å²) in [5, 5.41) is 15.9. The summed E-state index contributed by atoms with van der Waals surface area (Å²) in [5.74, 6) is -1.27. The highest BCUT2D eigenvalue weighted by Gasteiger charge is 2.29. The number of rotatable bonds is 5. The fourth-order valence-electron chi connectivity index (χ4n) is 4.65. The molecule has 166 valence electrons. The lowest BCUT2D eigenvalue weighted by Gasteiger charge is -2.19. The molecule has 0 unspecified atom stereocenters. The van der Waals surface area contributed by atoms with E-state index in [1.807, 2.05) is 36.4 Å². The van der Waals surface area contributed by atoms with Crippen molar-refractivity contribution in [3.63, 3.8) is 0 Å². The van der Waals surface area contributed by atoms with Gasteiger partial charge in [-0.05, 0) is 65.2 Å². The Morgan fingerprint density at radius 2 is 1.58 bits per heavy atom. The number of carboxylic acid groups (broad SMARTS) is 1. The third kappa shape index (κ3) is 3.77. The molecule has 0 bridgehead atoms. The number of nitrogens with one attached hydrogen (secondary N) is 1.